The fourth-order valence-corrected chi connectivity index (χ4v) is 2.89. The summed E-state index contributed by atoms with van der Waals surface area (Å²) in [6.45, 7) is 8.61. The maximum Gasteiger partial charge on any atom is 0.303 e. The third-order valence-electron chi connectivity index (χ3n) is 4.87. The molecule has 0 aliphatic heterocycles. The average Bonchev–Trinajstić information content (AvgIpc) is 2.53. The first-order chi connectivity index (χ1) is 11.1. The van der Waals surface area contributed by atoms with E-state index in [2.05, 4.69) is 20.4 Å². The number of carbonyl (C=O) groups is 1. The number of carboxylic acids is 1. The van der Waals surface area contributed by atoms with Crippen LogP contribution < -0.4 is 0 Å². The van der Waals surface area contributed by atoms with Gasteiger partial charge in [-0.25, -0.2) is 0 Å². The van der Waals surface area contributed by atoms with Gasteiger partial charge in [-0.05, 0) is 25.2 Å². The quantitative estimate of drug-likeness (QED) is 0.228. The van der Waals surface area contributed by atoms with Crippen LogP contribution in [0, 0.1) is 5.92 Å². The van der Waals surface area contributed by atoms with Crippen LogP contribution in [0.4, 0.5) is 0 Å². The van der Waals surface area contributed by atoms with Gasteiger partial charge in [0.15, 0.2) is 0 Å². The summed E-state index contributed by atoms with van der Waals surface area (Å²) in [4.78, 5) is 10.5. The predicted octanol–water partition coefficient (Wildman–Crippen LogP) is 7.13. The Hall–Kier alpha value is -0.790. The lowest BCUT2D eigenvalue weighted by Gasteiger charge is -2.07. The second-order valence-corrected chi connectivity index (χ2v) is 7.23. The average molecular weight is 325 g/mol. The van der Waals surface area contributed by atoms with Crippen molar-refractivity contribution in [2.45, 2.75) is 110 Å². The molecule has 0 saturated heterocycles. The van der Waals surface area contributed by atoms with Gasteiger partial charge in [0, 0.05) is 6.42 Å². The number of hydrogen-bond donors (Lipinski definition) is 1. The topological polar surface area (TPSA) is 37.3 Å². The summed E-state index contributed by atoms with van der Waals surface area (Å²) in [6.07, 6.45) is 18.2. The van der Waals surface area contributed by atoms with Crippen molar-refractivity contribution in [2.24, 2.45) is 5.92 Å². The minimum atomic E-state index is -0.717. The zero-order valence-corrected chi connectivity index (χ0v) is 15.7. The van der Waals surface area contributed by atoms with Crippen LogP contribution in [0.15, 0.2) is 12.2 Å². The number of hydrogen-bond acceptors (Lipinski definition) is 1. The van der Waals surface area contributed by atoms with E-state index in [-0.39, 0.29) is 6.42 Å². The van der Waals surface area contributed by atoms with Crippen molar-refractivity contribution in [2.75, 3.05) is 0 Å². The summed E-state index contributed by atoms with van der Waals surface area (Å²) in [6, 6.07) is 0. The molecule has 23 heavy (non-hydrogen) atoms. The molecular weight excluding hydrogens is 284 g/mol. The van der Waals surface area contributed by atoms with Gasteiger partial charge in [-0.3, -0.25) is 4.79 Å². The molecule has 0 amide bonds. The zero-order chi connectivity index (χ0) is 17.3. The van der Waals surface area contributed by atoms with Crippen molar-refractivity contribution in [1.29, 1.82) is 0 Å². The van der Waals surface area contributed by atoms with Gasteiger partial charge in [0.1, 0.15) is 0 Å². The second kappa shape index (κ2) is 16.1. The van der Waals surface area contributed by atoms with E-state index in [0.29, 0.717) is 6.42 Å². The molecule has 2 nitrogen and oxygen atoms in total. The lowest BCUT2D eigenvalue weighted by molar-refractivity contribution is -0.136. The van der Waals surface area contributed by atoms with Gasteiger partial charge in [-0.15, -0.1) is 0 Å². The highest BCUT2D eigenvalue weighted by Gasteiger charge is 2.01. The van der Waals surface area contributed by atoms with Crippen LogP contribution in [-0.2, 0) is 4.79 Å². The van der Waals surface area contributed by atoms with Crippen molar-refractivity contribution < 1.29 is 9.90 Å². The highest BCUT2D eigenvalue weighted by Crippen LogP contribution is 2.16. The Morgan fingerprint density at radius 3 is 1.78 bits per heavy atom. The molecule has 0 spiro atoms. The molecule has 0 saturated carbocycles. The standard InChI is InChI=1S/C21H40O2/c1-4-19(2)15-13-11-9-7-5-6-8-10-12-14-16-20(3)17-18-21(22)23/h19H,3-18H2,1-2H3,(H,22,23). The Kier molecular flexibility index (Phi) is 15.5. The van der Waals surface area contributed by atoms with Gasteiger partial charge in [0.05, 0.1) is 0 Å². The molecule has 0 aromatic rings. The van der Waals surface area contributed by atoms with Crippen LogP contribution in [0.3, 0.4) is 0 Å². The van der Waals surface area contributed by atoms with Crippen molar-refractivity contribution >= 4 is 5.97 Å². The Labute approximate surface area is 144 Å². The highest BCUT2D eigenvalue weighted by atomic mass is 16.4. The molecule has 136 valence electrons. The van der Waals surface area contributed by atoms with E-state index in [9.17, 15) is 4.79 Å². The lowest BCUT2D eigenvalue weighted by atomic mass is 9.99. The summed E-state index contributed by atoms with van der Waals surface area (Å²) in [7, 11) is 0. The van der Waals surface area contributed by atoms with Crippen LogP contribution in [0.5, 0.6) is 0 Å². The third-order valence-corrected chi connectivity index (χ3v) is 4.87. The molecule has 0 fully saturated rings. The Bertz CT molecular complexity index is 296. The van der Waals surface area contributed by atoms with Crippen molar-refractivity contribution in [3.63, 3.8) is 0 Å². The molecule has 1 unspecified atom stereocenters. The number of rotatable bonds is 17. The van der Waals surface area contributed by atoms with E-state index in [4.69, 9.17) is 5.11 Å². The maximum atomic E-state index is 10.5. The van der Waals surface area contributed by atoms with Gasteiger partial charge in [-0.1, -0.05) is 96.6 Å². The van der Waals surface area contributed by atoms with E-state index in [0.717, 1.165) is 17.9 Å². The molecule has 2 heteroatoms. The van der Waals surface area contributed by atoms with E-state index in [1.807, 2.05) is 0 Å². The van der Waals surface area contributed by atoms with Gasteiger partial charge in [0.2, 0.25) is 0 Å². The Balaban J connectivity index is 3.16. The van der Waals surface area contributed by atoms with E-state index < -0.39 is 5.97 Å². The molecular formula is C21H40O2. The van der Waals surface area contributed by atoms with Crippen LogP contribution in [0.2, 0.25) is 0 Å². The Morgan fingerprint density at radius 1 is 0.826 bits per heavy atom. The van der Waals surface area contributed by atoms with Crippen molar-refractivity contribution in [3.8, 4) is 0 Å². The summed E-state index contributed by atoms with van der Waals surface area (Å²) < 4.78 is 0. The molecule has 1 atom stereocenters. The number of allylic oxidation sites excluding steroid dienone is 1. The maximum absolute atomic E-state index is 10.5. The SMILES string of the molecule is C=C(CCCCCCCCCCCCC(C)CC)CCC(=O)O. The molecule has 0 aromatic carbocycles. The van der Waals surface area contributed by atoms with Crippen molar-refractivity contribution in [1.82, 2.24) is 0 Å². The van der Waals surface area contributed by atoms with Crippen LogP contribution in [0.25, 0.3) is 0 Å². The predicted molar refractivity (Wildman–Crippen MR) is 101 cm³/mol. The molecule has 1 N–H and O–H groups in total. The van der Waals surface area contributed by atoms with E-state index >= 15 is 0 Å². The molecule has 0 aliphatic carbocycles. The lowest BCUT2D eigenvalue weighted by Crippen LogP contribution is -1.95. The summed E-state index contributed by atoms with van der Waals surface area (Å²) in [5.74, 6) is 0.196. The zero-order valence-electron chi connectivity index (χ0n) is 15.7. The van der Waals surface area contributed by atoms with Gasteiger partial charge in [0.25, 0.3) is 0 Å². The van der Waals surface area contributed by atoms with Gasteiger partial charge >= 0.3 is 5.97 Å². The molecule has 0 heterocycles. The minimum absolute atomic E-state index is 0.232. The first-order valence-corrected chi connectivity index (χ1v) is 9.94. The van der Waals surface area contributed by atoms with Crippen LogP contribution in [-0.4, -0.2) is 11.1 Å². The van der Waals surface area contributed by atoms with Crippen molar-refractivity contribution in [3.05, 3.63) is 12.2 Å². The first kappa shape index (κ1) is 22.2. The highest BCUT2D eigenvalue weighted by molar-refractivity contribution is 5.66. The first-order valence-electron chi connectivity index (χ1n) is 9.94. The van der Waals surface area contributed by atoms with Crippen LogP contribution in [0.1, 0.15) is 110 Å². The second-order valence-electron chi connectivity index (χ2n) is 7.23. The van der Waals surface area contributed by atoms with Gasteiger partial charge < -0.3 is 5.11 Å². The minimum Gasteiger partial charge on any atom is -0.481 e. The largest absolute Gasteiger partial charge is 0.481 e. The fraction of sp³-hybridized carbons (Fsp3) is 0.857. The molecule has 0 aliphatic rings. The number of aliphatic carboxylic acids is 1. The summed E-state index contributed by atoms with van der Waals surface area (Å²) in [5, 5.41) is 8.62. The Morgan fingerprint density at radius 2 is 1.30 bits per heavy atom. The number of carboxylic acid groups (broad SMARTS) is 1. The molecule has 0 rings (SSSR count). The monoisotopic (exact) mass is 324 g/mol. The number of unbranched alkanes of at least 4 members (excludes halogenated alkanes) is 9. The summed E-state index contributed by atoms with van der Waals surface area (Å²) >= 11 is 0. The van der Waals surface area contributed by atoms with Crippen LogP contribution >= 0.6 is 0 Å². The van der Waals surface area contributed by atoms with E-state index in [1.54, 1.807) is 0 Å². The molecule has 0 radical (unpaired) electrons. The van der Waals surface area contributed by atoms with Gasteiger partial charge in [-0.2, -0.15) is 0 Å². The van der Waals surface area contributed by atoms with E-state index in [1.165, 1.54) is 77.0 Å². The smallest absolute Gasteiger partial charge is 0.303 e. The molecule has 0 aromatic heterocycles. The summed E-state index contributed by atoms with van der Waals surface area (Å²) in [5.41, 5.74) is 1.10. The normalized spacial score (nSPS) is 12.3. The third kappa shape index (κ3) is 17.4. The fourth-order valence-electron chi connectivity index (χ4n) is 2.89. The molecule has 0 bridgehead atoms.